The Morgan fingerprint density at radius 3 is 2.64 bits per heavy atom. The number of aromatic nitrogens is 4. The van der Waals surface area contributed by atoms with Crippen molar-refractivity contribution in [2.75, 3.05) is 5.75 Å². The van der Waals surface area contributed by atoms with Crippen molar-refractivity contribution in [2.24, 2.45) is 0 Å². The van der Waals surface area contributed by atoms with Crippen LogP contribution in [-0.2, 0) is 13.1 Å². The van der Waals surface area contributed by atoms with E-state index in [0.717, 1.165) is 40.3 Å². The highest BCUT2D eigenvalue weighted by atomic mass is 32.2. The molecule has 0 aliphatic heterocycles. The minimum atomic E-state index is -0.0853. The molecule has 0 aliphatic rings. The third-order valence-corrected chi connectivity index (χ3v) is 5.78. The molecule has 0 unspecified atom stereocenters. The number of fused-ring (bicyclic) bond motifs is 2. The average molecular weight is 395 g/mol. The fourth-order valence-corrected chi connectivity index (χ4v) is 4.34. The molecule has 0 radical (unpaired) electrons. The molecule has 0 spiro atoms. The fourth-order valence-electron chi connectivity index (χ4n) is 3.39. The topological polar surface area (TPSA) is 72.7 Å². The zero-order valence-corrected chi connectivity index (χ0v) is 16.5. The molecule has 0 fully saturated rings. The van der Waals surface area contributed by atoms with E-state index in [-0.39, 0.29) is 11.2 Å². The molecule has 4 rings (SSSR count). The maximum Gasteiger partial charge on any atom is 0.326 e. The minimum Gasteiger partial charge on any atom is -0.306 e. The number of imidazole rings is 1. The van der Waals surface area contributed by atoms with Crippen LogP contribution in [0.25, 0.3) is 21.9 Å². The molecule has 0 aliphatic carbocycles. The lowest BCUT2D eigenvalue weighted by atomic mass is 10.2. The molecule has 0 bridgehead atoms. The van der Waals surface area contributed by atoms with Crippen LogP contribution in [0.2, 0.25) is 0 Å². The van der Waals surface area contributed by atoms with Crippen LogP contribution in [0.5, 0.6) is 0 Å². The van der Waals surface area contributed by atoms with Crippen LogP contribution >= 0.6 is 11.8 Å². The quantitative estimate of drug-likeness (QED) is 0.295. The maximum atomic E-state index is 12.8. The highest BCUT2D eigenvalue weighted by Gasteiger charge is 2.11. The molecular formula is C21H22N4O2S. The standard InChI is InChI=1S/C21H22N4O2S/c1-2-12-25-19(26)15-8-3-4-9-16(15)23-21(25)28-14-7-13-24-18-11-6-5-10-17(18)22-20(24)27/h3-6,8-11H,2,7,12-14H2,1H3,(H,22,27). The Bertz CT molecular complexity index is 1240. The minimum absolute atomic E-state index is 0.0165. The maximum absolute atomic E-state index is 12.8. The van der Waals surface area contributed by atoms with Crippen molar-refractivity contribution >= 4 is 33.7 Å². The van der Waals surface area contributed by atoms with Gasteiger partial charge in [0.25, 0.3) is 5.56 Å². The van der Waals surface area contributed by atoms with E-state index in [1.807, 2.05) is 48.5 Å². The summed E-state index contributed by atoms with van der Waals surface area (Å²) in [6, 6.07) is 15.2. The molecular weight excluding hydrogens is 372 g/mol. The normalized spacial score (nSPS) is 11.5. The number of nitrogens with zero attached hydrogens (tertiary/aromatic N) is 3. The third-order valence-electron chi connectivity index (χ3n) is 4.71. The van der Waals surface area contributed by atoms with Crippen LogP contribution in [0.4, 0.5) is 0 Å². The van der Waals surface area contributed by atoms with Crippen molar-refractivity contribution in [1.29, 1.82) is 0 Å². The Kier molecular flexibility index (Phi) is 5.34. The van der Waals surface area contributed by atoms with Gasteiger partial charge in [0.1, 0.15) is 0 Å². The van der Waals surface area contributed by atoms with Gasteiger partial charge < -0.3 is 4.98 Å². The Labute approximate surface area is 166 Å². The largest absolute Gasteiger partial charge is 0.326 e. The summed E-state index contributed by atoms with van der Waals surface area (Å²) in [6.07, 6.45) is 1.68. The zero-order chi connectivity index (χ0) is 19.5. The van der Waals surface area contributed by atoms with Gasteiger partial charge in [-0.3, -0.25) is 13.9 Å². The van der Waals surface area contributed by atoms with Crippen molar-refractivity contribution in [2.45, 2.75) is 38.0 Å². The molecule has 144 valence electrons. The van der Waals surface area contributed by atoms with Gasteiger partial charge >= 0.3 is 5.69 Å². The van der Waals surface area contributed by atoms with E-state index < -0.39 is 0 Å². The number of hydrogen-bond donors (Lipinski definition) is 1. The van der Waals surface area contributed by atoms with Crippen molar-refractivity contribution < 1.29 is 0 Å². The molecule has 2 aromatic heterocycles. The highest BCUT2D eigenvalue weighted by molar-refractivity contribution is 7.99. The molecule has 0 atom stereocenters. The first-order valence-electron chi connectivity index (χ1n) is 9.49. The van der Waals surface area contributed by atoms with E-state index in [2.05, 4.69) is 11.9 Å². The SMILES string of the molecule is CCCn1c(SCCCn2c(=O)[nH]c3ccccc32)nc2ccccc2c1=O. The summed E-state index contributed by atoms with van der Waals surface area (Å²) in [5, 5.41) is 1.41. The highest BCUT2D eigenvalue weighted by Crippen LogP contribution is 2.19. The van der Waals surface area contributed by atoms with Crippen LogP contribution in [0.1, 0.15) is 19.8 Å². The molecule has 7 heteroatoms. The molecule has 0 saturated heterocycles. The van der Waals surface area contributed by atoms with Crippen molar-refractivity contribution in [3.05, 3.63) is 69.4 Å². The number of nitrogens with one attached hydrogen (secondary N) is 1. The smallest absolute Gasteiger partial charge is 0.306 e. The fraction of sp³-hybridized carbons (Fsp3) is 0.286. The molecule has 1 N–H and O–H groups in total. The van der Waals surface area contributed by atoms with Crippen molar-refractivity contribution in [3.8, 4) is 0 Å². The van der Waals surface area contributed by atoms with E-state index in [1.165, 1.54) is 0 Å². The number of thioether (sulfide) groups is 1. The Hall–Kier alpha value is -2.80. The predicted molar refractivity (Wildman–Crippen MR) is 114 cm³/mol. The lowest BCUT2D eigenvalue weighted by Crippen LogP contribution is -2.23. The molecule has 0 saturated carbocycles. The number of aromatic amines is 1. The number of para-hydroxylation sites is 3. The van der Waals surface area contributed by atoms with E-state index in [0.29, 0.717) is 18.5 Å². The van der Waals surface area contributed by atoms with E-state index in [4.69, 9.17) is 4.98 Å². The number of aryl methyl sites for hydroxylation is 1. The van der Waals surface area contributed by atoms with Gasteiger partial charge in [-0.05, 0) is 37.1 Å². The van der Waals surface area contributed by atoms with Gasteiger partial charge in [0.2, 0.25) is 0 Å². The molecule has 6 nitrogen and oxygen atoms in total. The van der Waals surface area contributed by atoms with E-state index >= 15 is 0 Å². The summed E-state index contributed by atoms with van der Waals surface area (Å²) in [6.45, 7) is 3.34. The van der Waals surface area contributed by atoms with Gasteiger partial charge in [0.15, 0.2) is 5.16 Å². The number of rotatable bonds is 7. The van der Waals surface area contributed by atoms with Crippen molar-refractivity contribution in [3.63, 3.8) is 0 Å². The van der Waals surface area contributed by atoms with Crippen LogP contribution in [0, 0.1) is 0 Å². The van der Waals surface area contributed by atoms with Gasteiger partial charge in [-0.2, -0.15) is 0 Å². The van der Waals surface area contributed by atoms with E-state index in [1.54, 1.807) is 20.9 Å². The number of benzene rings is 2. The summed E-state index contributed by atoms with van der Waals surface area (Å²) in [7, 11) is 0. The van der Waals surface area contributed by atoms with Crippen LogP contribution in [-0.4, -0.2) is 24.9 Å². The third kappa shape index (κ3) is 3.49. The first kappa shape index (κ1) is 18.6. The van der Waals surface area contributed by atoms with Gasteiger partial charge in [-0.15, -0.1) is 0 Å². The summed E-state index contributed by atoms with van der Waals surface area (Å²) < 4.78 is 3.54. The molecule has 4 aromatic rings. The van der Waals surface area contributed by atoms with Gasteiger partial charge in [0.05, 0.1) is 21.9 Å². The van der Waals surface area contributed by atoms with Gasteiger partial charge in [-0.25, -0.2) is 9.78 Å². The second kappa shape index (κ2) is 8.06. The monoisotopic (exact) mass is 394 g/mol. The lowest BCUT2D eigenvalue weighted by molar-refractivity contribution is 0.584. The summed E-state index contributed by atoms with van der Waals surface area (Å²) >= 11 is 1.58. The zero-order valence-electron chi connectivity index (χ0n) is 15.7. The van der Waals surface area contributed by atoms with Crippen LogP contribution < -0.4 is 11.2 Å². The van der Waals surface area contributed by atoms with Gasteiger partial charge in [-0.1, -0.05) is 43.0 Å². The number of H-pyrrole nitrogens is 1. The summed E-state index contributed by atoms with van der Waals surface area (Å²) in [5.74, 6) is 0.778. The molecule has 0 amide bonds. The first-order valence-corrected chi connectivity index (χ1v) is 10.5. The molecule has 2 aromatic carbocycles. The Balaban J connectivity index is 1.52. The van der Waals surface area contributed by atoms with Crippen LogP contribution in [0.3, 0.4) is 0 Å². The lowest BCUT2D eigenvalue weighted by Gasteiger charge is -2.12. The second-order valence-corrected chi connectivity index (χ2v) is 7.73. The Morgan fingerprint density at radius 2 is 1.79 bits per heavy atom. The molecule has 28 heavy (non-hydrogen) atoms. The number of hydrogen-bond acceptors (Lipinski definition) is 4. The Morgan fingerprint density at radius 1 is 1.00 bits per heavy atom. The van der Waals surface area contributed by atoms with E-state index in [9.17, 15) is 9.59 Å². The van der Waals surface area contributed by atoms with Gasteiger partial charge in [0, 0.05) is 18.8 Å². The summed E-state index contributed by atoms with van der Waals surface area (Å²) in [5.41, 5.74) is 2.44. The second-order valence-electron chi connectivity index (χ2n) is 6.67. The molecule has 2 heterocycles. The summed E-state index contributed by atoms with van der Waals surface area (Å²) in [4.78, 5) is 32.6. The predicted octanol–water partition coefficient (Wildman–Crippen LogP) is 3.63. The first-order chi connectivity index (χ1) is 13.7. The van der Waals surface area contributed by atoms with Crippen molar-refractivity contribution in [1.82, 2.24) is 19.1 Å². The average Bonchev–Trinajstić information content (AvgIpc) is 3.03. The van der Waals surface area contributed by atoms with Crippen LogP contribution in [0.15, 0.2) is 63.3 Å².